The molecule has 2 fully saturated rings. The lowest BCUT2D eigenvalue weighted by Crippen LogP contribution is -2.42. The van der Waals surface area contributed by atoms with Gasteiger partial charge in [-0.05, 0) is 30.2 Å². The van der Waals surface area contributed by atoms with Crippen LogP contribution in [-0.2, 0) is 16.0 Å². The van der Waals surface area contributed by atoms with Crippen LogP contribution < -0.4 is 0 Å². The monoisotopic (exact) mass is 244 g/mol. The van der Waals surface area contributed by atoms with Crippen molar-refractivity contribution in [3.05, 3.63) is 35.9 Å². The van der Waals surface area contributed by atoms with E-state index >= 15 is 0 Å². The zero-order valence-corrected chi connectivity index (χ0v) is 10.8. The van der Waals surface area contributed by atoms with Gasteiger partial charge in [-0.2, -0.15) is 0 Å². The molecular formula is C16H20O2. The molecule has 1 saturated carbocycles. The Morgan fingerprint density at radius 3 is 2.67 bits per heavy atom. The van der Waals surface area contributed by atoms with Crippen molar-refractivity contribution in [3.63, 3.8) is 0 Å². The second-order valence-corrected chi connectivity index (χ2v) is 5.71. The van der Waals surface area contributed by atoms with Gasteiger partial charge in [0.1, 0.15) is 6.10 Å². The van der Waals surface area contributed by atoms with Crippen LogP contribution in [0.1, 0.15) is 31.7 Å². The Labute approximate surface area is 108 Å². The Hall–Kier alpha value is -1.31. The predicted octanol–water partition coefficient (Wildman–Crippen LogP) is 3.21. The van der Waals surface area contributed by atoms with Gasteiger partial charge in [-0.25, -0.2) is 0 Å². The van der Waals surface area contributed by atoms with Crippen molar-refractivity contribution < 1.29 is 9.53 Å². The van der Waals surface area contributed by atoms with Crippen LogP contribution in [0.25, 0.3) is 0 Å². The van der Waals surface area contributed by atoms with Gasteiger partial charge < -0.3 is 4.74 Å². The molecule has 1 saturated heterocycles. The van der Waals surface area contributed by atoms with Gasteiger partial charge in [0.2, 0.25) is 0 Å². The average molecular weight is 244 g/mol. The van der Waals surface area contributed by atoms with Crippen LogP contribution in [0.3, 0.4) is 0 Å². The van der Waals surface area contributed by atoms with Crippen LogP contribution in [0.15, 0.2) is 30.3 Å². The standard InChI is InChI=1S/C16H20O2/c1-11-13-8-5-9-14(13)15(18-16(11)17)10-12-6-3-2-4-7-12/h2-4,6-7,11,13-15H,5,8-10H2,1H3/t11-,13+,14+,15+/m0/s1. The fourth-order valence-electron chi connectivity index (χ4n) is 3.66. The maximum atomic E-state index is 11.9. The number of rotatable bonds is 2. The highest BCUT2D eigenvalue weighted by Crippen LogP contribution is 2.44. The Morgan fingerprint density at radius 1 is 1.17 bits per heavy atom. The molecule has 0 amide bonds. The maximum Gasteiger partial charge on any atom is 0.309 e. The molecule has 2 nitrogen and oxygen atoms in total. The molecule has 0 bridgehead atoms. The molecule has 3 rings (SSSR count). The van der Waals surface area contributed by atoms with Crippen molar-refractivity contribution in [1.29, 1.82) is 0 Å². The van der Waals surface area contributed by atoms with Gasteiger partial charge in [-0.3, -0.25) is 4.79 Å². The van der Waals surface area contributed by atoms with Crippen molar-refractivity contribution >= 4 is 5.97 Å². The predicted molar refractivity (Wildman–Crippen MR) is 70.0 cm³/mol. The number of carbonyl (C=O) groups is 1. The summed E-state index contributed by atoms with van der Waals surface area (Å²) in [7, 11) is 0. The first-order valence-corrected chi connectivity index (χ1v) is 7.00. The lowest BCUT2D eigenvalue weighted by molar-refractivity contribution is -0.169. The molecule has 0 spiro atoms. The maximum absolute atomic E-state index is 11.9. The highest BCUT2D eigenvalue weighted by Gasteiger charge is 2.45. The van der Waals surface area contributed by atoms with E-state index in [2.05, 4.69) is 24.3 Å². The molecule has 0 radical (unpaired) electrons. The number of hydrogen-bond donors (Lipinski definition) is 0. The molecule has 2 heteroatoms. The number of hydrogen-bond acceptors (Lipinski definition) is 2. The number of carbonyl (C=O) groups excluding carboxylic acids is 1. The number of esters is 1. The first-order valence-electron chi connectivity index (χ1n) is 7.00. The van der Waals surface area contributed by atoms with E-state index in [0.29, 0.717) is 11.8 Å². The molecular weight excluding hydrogens is 224 g/mol. The second-order valence-electron chi connectivity index (χ2n) is 5.71. The summed E-state index contributed by atoms with van der Waals surface area (Å²) >= 11 is 0. The Bertz CT molecular complexity index is 426. The van der Waals surface area contributed by atoms with Crippen molar-refractivity contribution in [2.45, 2.75) is 38.7 Å². The summed E-state index contributed by atoms with van der Waals surface area (Å²) in [6.07, 6.45) is 4.65. The molecule has 18 heavy (non-hydrogen) atoms. The summed E-state index contributed by atoms with van der Waals surface area (Å²) in [5.41, 5.74) is 1.27. The molecule has 1 aromatic rings. The molecule has 1 aliphatic carbocycles. The van der Waals surface area contributed by atoms with Crippen LogP contribution in [0.4, 0.5) is 0 Å². The quantitative estimate of drug-likeness (QED) is 0.747. The van der Waals surface area contributed by atoms with Crippen molar-refractivity contribution in [2.75, 3.05) is 0 Å². The van der Waals surface area contributed by atoms with Crippen LogP contribution in [-0.4, -0.2) is 12.1 Å². The summed E-state index contributed by atoms with van der Waals surface area (Å²) in [6, 6.07) is 10.4. The summed E-state index contributed by atoms with van der Waals surface area (Å²) in [4.78, 5) is 11.9. The molecule has 0 N–H and O–H groups in total. The summed E-state index contributed by atoms with van der Waals surface area (Å²) in [5.74, 6) is 1.25. The highest BCUT2D eigenvalue weighted by molar-refractivity contribution is 5.73. The zero-order valence-electron chi connectivity index (χ0n) is 10.8. The third-order valence-electron chi connectivity index (χ3n) is 4.66. The summed E-state index contributed by atoms with van der Waals surface area (Å²) in [6.45, 7) is 2.03. The van der Waals surface area contributed by atoms with Crippen molar-refractivity contribution in [3.8, 4) is 0 Å². The topological polar surface area (TPSA) is 26.3 Å². The van der Waals surface area contributed by atoms with Gasteiger partial charge >= 0.3 is 5.97 Å². The molecule has 0 unspecified atom stereocenters. The molecule has 4 atom stereocenters. The minimum Gasteiger partial charge on any atom is -0.461 e. The SMILES string of the molecule is C[C@@H]1C(=O)O[C@H](Cc2ccccc2)[C@@H]2CCC[C@@H]21. The van der Waals surface area contributed by atoms with Crippen molar-refractivity contribution in [1.82, 2.24) is 0 Å². The second kappa shape index (κ2) is 4.75. The minimum atomic E-state index is 0.0130. The van der Waals surface area contributed by atoms with E-state index in [1.807, 2.05) is 13.0 Å². The zero-order chi connectivity index (χ0) is 12.5. The number of benzene rings is 1. The van der Waals surface area contributed by atoms with E-state index in [-0.39, 0.29) is 18.0 Å². The number of ether oxygens (including phenoxy) is 1. The fourth-order valence-corrected chi connectivity index (χ4v) is 3.66. The van der Waals surface area contributed by atoms with Gasteiger partial charge in [-0.1, -0.05) is 43.7 Å². The van der Waals surface area contributed by atoms with Crippen molar-refractivity contribution in [2.24, 2.45) is 17.8 Å². The molecule has 0 aromatic heterocycles. The van der Waals surface area contributed by atoms with E-state index < -0.39 is 0 Å². The van der Waals surface area contributed by atoms with Gasteiger partial charge in [0.15, 0.2) is 0 Å². The third kappa shape index (κ3) is 2.05. The van der Waals surface area contributed by atoms with E-state index in [1.54, 1.807) is 0 Å². The number of fused-ring (bicyclic) bond motifs is 1. The van der Waals surface area contributed by atoms with Gasteiger partial charge in [0.05, 0.1) is 5.92 Å². The van der Waals surface area contributed by atoms with Crippen LogP contribution >= 0.6 is 0 Å². The van der Waals surface area contributed by atoms with E-state index in [0.717, 1.165) is 6.42 Å². The Morgan fingerprint density at radius 2 is 1.89 bits per heavy atom. The molecule has 96 valence electrons. The molecule has 1 heterocycles. The normalized spacial score (nSPS) is 35.1. The first-order chi connectivity index (χ1) is 8.75. The largest absolute Gasteiger partial charge is 0.461 e. The minimum absolute atomic E-state index is 0.0130. The Kier molecular flexibility index (Phi) is 3.11. The van der Waals surface area contributed by atoms with Gasteiger partial charge in [0, 0.05) is 6.42 Å². The third-order valence-corrected chi connectivity index (χ3v) is 4.66. The number of cyclic esters (lactones) is 1. The van der Waals surface area contributed by atoms with Crippen LogP contribution in [0, 0.1) is 17.8 Å². The van der Waals surface area contributed by atoms with Gasteiger partial charge in [0.25, 0.3) is 0 Å². The van der Waals surface area contributed by atoms with Crippen LogP contribution in [0.2, 0.25) is 0 Å². The molecule has 1 aromatic carbocycles. The first kappa shape index (κ1) is 11.8. The van der Waals surface area contributed by atoms with E-state index in [4.69, 9.17) is 4.74 Å². The highest BCUT2D eigenvalue weighted by atomic mass is 16.5. The van der Waals surface area contributed by atoms with E-state index in [9.17, 15) is 4.79 Å². The molecule has 1 aliphatic heterocycles. The summed E-state index contributed by atoms with van der Waals surface area (Å²) < 4.78 is 5.68. The van der Waals surface area contributed by atoms with Crippen LogP contribution in [0.5, 0.6) is 0 Å². The molecule has 2 aliphatic rings. The fraction of sp³-hybridized carbons (Fsp3) is 0.562. The van der Waals surface area contributed by atoms with Gasteiger partial charge in [-0.15, -0.1) is 0 Å². The smallest absolute Gasteiger partial charge is 0.309 e. The Balaban J connectivity index is 1.77. The average Bonchev–Trinajstić information content (AvgIpc) is 2.86. The summed E-state index contributed by atoms with van der Waals surface area (Å²) in [5, 5.41) is 0. The lowest BCUT2D eigenvalue weighted by Gasteiger charge is -2.37. The lowest BCUT2D eigenvalue weighted by atomic mass is 9.78. The van der Waals surface area contributed by atoms with E-state index in [1.165, 1.54) is 24.8 Å².